The third-order valence-corrected chi connectivity index (χ3v) is 8.57. The third kappa shape index (κ3) is 4.73. The molecule has 0 spiro atoms. The van der Waals surface area contributed by atoms with Crippen LogP contribution in [0.1, 0.15) is 0 Å². The zero-order valence-corrected chi connectivity index (χ0v) is 25.2. The van der Waals surface area contributed by atoms with Gasteiger partial charge in [0, 0.05) is 34.1 Å². The van der Waals surface area contributed by atoms with Crippen molar-refractivity contribution in [3.05, 3.63) is 158 Å². The molecule has 9 rings (SSSR count). The summed E-state index contributed by atoms with van der Waals surface area (Å²) in [4.78, 5) is 19.4. The van der Waals surface area contributed by atoms with Crippen molar-refractivity contribution in [2.24, 2.45) is 0 Å². The summed E-state index contributed by atoms with van der Waals surface area (Å²) in [6.07, 6.45) is 3.59. The van der Waals surface area contributed by atoms with E-state index >= 15 is 0 Å². The Morgan fingerprint density at radius 2 is 1.09 bits per heavy atom. The average molecular weight is 603 g/mol. The fourth-order valence-electron chi connectivity index (χ4n) is 6.41. The number of hydrogen-bond acceptors (Lipinski definition) is 5. The first-order chi connectivity index (χ1) is 23.3. The maximum Gasteiger partial charge on any atom is 0.162 e. The highest BCUT2D eigenvalue weighted by atomic mass is 16.3. The fourth-order valence-corrected chi connectivity index (χ4v) is 6.41. The summed E-state index contributed by atoms with van der Waals surface area (Å²) in [5, 5.41) is 3.22. The second-order valence-electron chi connectivity index (χ2n) is 11.5. The topological polar surface area (TPSA) is 64.7 Å². The van der Waals surface area contributed by atoms with Crippen molar-refractivity contribution in [1.29, 1.82) is 0 Å². The lowest BCUT2D eigenvalue weighted by atomic mass is 9.93. The first-order valence-corrected chi connectivity index (χ1v) is 15.6. The van der Waals surface area contributed by atoms with Crippen LogP contribution in [0.25, 0.3) is 89.1 Å². The van der Waals surface area contributed by atoms with E-state index in [2.05, 4.69) is 88.8 Å². The molecule has 0 unspecified atom stereocenters. The van der Waals surface area contributed by atoms with Gasteiger partial charge in [0.25, 0.3) is 0 Å². The van der Waals surface area contributed by atoms with Crippen LogP contribution in [0.5, 0.6) is 0 Å². The monoisotopic (exact) mass is 602 g/mol. The molecular formula is C42H26N4O. The molecule has 4 aromatic carbocycles. The van der Waals surface area contributed by atoms with E-state index in [1.54, 1.807) is 12.4 Å². The number of aromatic nitrogens is 4. The molecule has 5 heteroatoms. The number of rotatable bonds is 5. The highest BCUT2D eigenvalue weighted by Gasteiger charge is 2.20. The largest absolute Gasteiger partial charge is 0.454 e. The van der Waals surface area contributed by atoms with Gasteiger partial charge in [0.2, 0.25) is 0 Å². The van der Waals surface area contributed by atoms with Gasteiger partial charge in [0.15, 0.2) is 5.58 Å². The Labute approximate surface area is 270 Å². The molecule has 0 N–H and O–H groups in total. The molecule has 0 aliphatic carbocycles. The SMILES string of the molecule is c1ccc(-c2nc3cccc(-c4cccc(-c5cc(-c6ccccn6)nc(-c6ccccn6)c5)c4)c3c3c2oc2ccccc23)cc1. The normalized spacial score (nSPS) is 11.4. The highest BCUT2D eigenvalue weighted by molar-refractivity contribution is 6.24. The van der Waals surface area contributed by atoms with E-state index in [0.717, 1.165) is 89.1 Å². The quantitative estimate of drug-likeness (QED) is 0.196. The molecule has 0 bridgehead atoms. The predicted molar refractivity (Wildman–Crippen MR) is 190 cm³/mol. The Morgan fingerprint density at radius 3 is 1.83 bits per heavy atom. The Balaban J connectivity index is 1.27. The molecule has 5 aromatic heterocycles. The van der Waals surface area contributed by atoms with E-state index < -0.39 is 0 Å². The first kappa shape index (κ1) is 26.9. The summed E-state index contributed by atoms with van der Waals surface area (Å²) in [7, 11) is 0. The van der Waals surface area contributed by atoms with Crippen molar-refractivity contribution < 1.29 is 4.42 Å². The highest BCUT2D eigenvalue weighted by Crippen LogP contribution is 2.43. The minimum Gasteiger partial charge on any atom is -0.454 e. The number of furan rings is 1. The molecular weight excluding hydrogens is 576 g/mol. The molecule has 0 fully saturated rings. The molecule has 9 aromatic rings. The van der Waals surface area contributed by atoms with Crippen LogP contribution in [-0.2, 0) is 0 Å². The van der Waals surface area contributed by atoms with E-state index in [-0.39, 0.29) is 0 Å². The van der Waals surface area contributed by atoms with Crippen molar-refractivity contribution in [1.82, 2.24) is 19.9 Å². The summed E-state index contributed by atoms with van der Waals surface area (Å²) in [5.74, 6) is 0. The zero-order valence-electron chi connectivity index (χ0n) is 25.2. The van der Waals surface area contributed by atoms with Crippen LogP contribution >= 0.6 is 0 Å². The van der Waals surface area contributed by atoms with E-state index in [1.807, 2.05) is 66.7 Å². The van der Waals surface area contributed by atoms with Crippen molar-refractivity contribution in [2.75, 3.05) is 0 Å². The molecule has 47 heavy (non-hydrogen) atoms. The van der Waals surface area contributed by atoms with Crippen LogP contribution in [0.2, 0.25) is 0 Å². The summed E-state index contributed by atoms with van der Waals surface area (Å²) in [6.45, 7) is 0. The third-order valence-electron chi connectivity index (χ3n) is 8.57. The lowest BCUT2D eigenvalue weighted by molar-refractivity contribution is 0.669. The number of pyridine rings is 4. The maximum atomic E-state index is 6.56. The number of hydrogen-bond donors (Lipinski definition) is 0. The van der Waals surface area contributed by atoms with Crippen molar-refractivity contribution in [3.63, 3.8) is 0 Å². The van der Waals surface area contributed by atoms with Crippen molar-refractivity contribution in [2.45, 2.75) is 0 Å². The lowest BCUT2D eigenvalue weighted by Crippen LogP contribution is -1.94. The molecule has 5 heterocycles. The van der Waals surface area contributed by atoms with Gasteiger partial charge < -0.3 is 4.42 Å². The molecule has 0 aliphatic rings. The van der Waals surface area contributed by atoms with Crippen molar-refractivity contribution in [3.8, 4) is 56.3 Å². The van der Waals surface area contributed by atoms with Crippen LogP contribution in [0.15, 0.2) is 162 Å². The molecule has 0 saturated carbocycles. The molecule has 5 nitrogen and oxygen atoms in total. The summed E-state index contributed by atoms with van der Waals surface area (Å²) in [6, 6.07) is 49.5. The Kier molecular flexibility index (Phi) is 6.39. The summed E-state index contributed by atoms with van der Waals surface area (Å²) < 4.78 is 6.56. The smallest absolute Gasteiger partial charge is 0.162 e. The molecule has 0 aliphatic heterocycles. The standard InChI is InChI=1S/C42H26N4O/c1-2-12-27(13-3-1)41-42-40(32-16-4-5-21-38(32)47-42)39-31(17-11-20-35(39)46-41)29-15-10-14-28(24-29)30-25-36(33-18-6-8-22-43-33)45-37(26-30)34-19-7-9-23-44-34/h1-26H. The average Bonchev–Trinajstić information content (AvgIpc) is 3.55. The summed E-state index contributed by atoms with van der Waals surface area (Å²) in [5.41, 5.74) is 11.9. The second kappa shape index (κ2) is 11.2. The van der Waals surface area contributed by atoms with Crippen molar-refractivity contribution >= 4 is 32.8 Å². The zero-order chi connectivity index (χ0) is 31.2. The molecule has 0 amide bonds. The van der Waals surface area contributed by atoms with Crippen LogP contribution in [-0.4, -0.2) is 19.9 Å². The first-order valence-electron chi connectivity index (χ1n) is 15.6. The number of fused-ring (bicyclic) bond motifs is 5. The van der Waals surface area contributed by atoms with Gasteiger partial charge in [-0.2, -0.15) is 0 Å². The van der Waals surface area contributed by atoms with Gasteiger partial charge >= 0.3 is 0 Å². The minimum absolute atomic E-state index is 0.794. The van der Waals surface area contributed by atoms with E-state index in [4.69, 9.17) is 14.4 Å². The van der Waals surface area contributed by atoms with Gasteiger partial charge in [-0.25, -0.2) is 9.97 Å². The Morgan fingerprint density at radius 1 is 0.426 bits per heavy atom. The lowest BCUT2D eigenvalue weighted by Gasteiger charge is -2.13. The van der Waals surface area contributed by atoms with Gasteiger partial charge in [0.05, 0.1) is 28.3 Å². The van der Waals surface area contributed by atoms with Gasteiger partial charge in [0.1, 0.15) is 11.3 Å². The van der Waals surface area contributed by atoms with Crippen LogP contribution in [0.3, 0.4) is 0 Å². The molecule has 220 valence electrons. The van der Waals surface area contributed by atoms with E-state index in [9.17, 15) is 0 Å². The number of para-hydroxylation sites is 1. The predicted octanol–water partition coefficient (Wildman–Crippen LogP) is 10.7. The van der Waals surface area contributed by atoms with Gasteiger partial charge in [-0.05, 0) is 76.9 Å². The minimum atomic E-state index is 0.794. The Bertz CT molecular complexity index is 2500. The fraction of sp³-hybridized carbons (Fsp3) is 0. The van der Waals surface area contributed by atoms with Gasteiger partial charge in [-0.3, -0.25) is 9.97 Å². The Hall–Kier alpha value is -6.46. The maximum absolute atomic E-state index is 6.56. The van der Waals surface area contributed by atoms with Gasteiger partial charge in [-0.1, -0.05) is 91.0 Å². The van der Waals surface area contributed by atoms with Crippen LogP contribution in [0.4, 0.5) is 0 Å². The van der Waals surface area contributed by atoms with E-state index in [0.29, 0.717) is 0 Å². The number of nitrogens with zero attached hydrogens (tertiary/aromatic N) is 4. The molecule has 0 saturated heterocycles. The second-order valence-corrected chi connectivity index (χ2v) is 11.5. The molecule has 0 radical (unpaired) electrons. The summed E-state index contributed by atoms with van der Waals surface area (Å²) >= 11 is 0. The van der Waals surface area contributed by atoms with Crippen LogP contribution < -0.4 is 0 Å². The van der Waals surface area contributed by atoms with Gasteiger partial charge in [-0.15, -0.1) is 0 Å². The number of benzene rings is 4. The molecule has 0 atom stereocenters. The van der Waals surface area contributed by atoms with E-state index in [1.165, 1.54) is 0 Å². The van der Waals surface area contributed by atoms with Crippen LogP contribution in [0, 0.1) is 0 Å².